The number of hydrogen-bond acceptors (Lipinski definition) is 3. The molecule has 1 rings (SSSR count). The first-order valence-electron chi connectivity index (χ1n) is 4.69. The fourth-order valence-electron chi connectivity index (χ4n) is 1.23. The summed E-state index contributed by atoms with van der Waals surface area (Å²) in [4.78, 5) is 11.1. The molecule has 15 heavy (non-hydrogen) atoms. The number of carbonyl (C=O) groups is 1. The van der Waals surface area contributed by atoms with Crippen LogP contribution >= 0.6 is 0 Å². The van der Waals surface area contributed by atoms with Crippen molar-refractivity contribution in [1.82, 2.24) is 0 Å². The molecule has 1 aromatic carbocycles. The molecule has 0 atom stereocenters. The molecule has 0 bridgehead atoms. The first-order chi connectivity index (χ1) is 7.15. The lowest BCUT2D eigenvalue weighted by Crippen LogP contribution is -2.15. The largest absolute Gasteiger partial charge is 0.399 e. The van der Waals surface area contributed by atoms with Gasteiger partial charge in [-0.3, -0.25) is 4.79 Å². The van der Waals surface area contributed by atoms with E-state index in [1.165, 1.54) is 0 Å². The van der Waals surface area contributed by atoms with E-state index in [4.69, 9.17) is 11.5 Å². The summed E-state index contributed by atoms with van der Waals surface area (Å²) in [6.45, 7) is 4.31. The summed E-state index contributed by atoms with van der Waals surface area (Å²) in [5.74, 6) is -0.462. The third-order valence-corrected chi connectivity index (χ3v) is 1.97. The predicted molar refractivity (Wildman–Crippen MR) is 62.7 cm³/mol. The van der Waals surface area contributed by atoms with Gasteiger partial charge in [0.15, 0.2) is 0 Å². The molecule has 0 spiro atoms. The van der Waals surface area contributed by atoms with Crippen molar-refractivity contribution in [3.63, 3.8) is 0 Å². The fourth-order valence-corrected chi connectivity index (χ4v) is 1.23. The van der Waals surface area contributed by atoms with Crippen LogP contribution in [0.25, 0.3) is 0 Å². The van der Waals surface area contributed by atoms with Gasteiger partial charge in [0.05, 0.1) is 5.56 Å². The van der Waals surface area contributed by atoms with Crippen LogP contribution in [0.15, 0.2) is 30.9 Å². The van der Waals surface area contributed by atoms with Gasteiger partial charge in [-0.15, -0.1) is 6.58 Å². The molecule has 0 unspecified atom stereocenters. The SMILES string of the molecule is C=CCCNc1cc(N)ccc1C(N)=O. The molecule has 5 N–H and O–H groups in total. The summed E-state index contributed by atoms with van der Waals surface area (Å²) in [7, 11) is 0. The lowest BCUT2D eigenvalue weighted by Gasteiger charge is -2.09. The van der Waals surface area contributed by atoms with Gasteiger partial charge in [-0.05, 0) is 24.6 Å². The van der Waals surface area contributed by atoms with Crippen LogP contribution in [0.3, 0.4) is 0 Å². The number of benzene rings is 1. The van der Waals surface area contributed by atoms with Crippen LogP contribution in [0, 0.1) is 0 Å². The zero-order valence-electron chi connectivity index (χ0n) is 8.49. The van der Waals surface area contributed by atoms with Crippen molar-refractivity contribution in [2.45, 2.75) is 6.42 Å². The highest BCUT2D eigenvalue weighted by atomic mass is 16.1. The molecule has 0 fully saturated rings. The molecule has 80 valence electrons. The molecule has 0 aliphatic carbocycles. The van der Waals surface area contributed by atoms with Crippen molar-refractivity contribution in [2.24, 2.45) is 5.73 Å². The van der Waals surface area contributed by atoms with Gasteiger partial charge in [-0.1, -0.05) is 6.08 Å². The molecule has 0 heterocycles. The zero-order valence-corrected chi connectivity index (χ0v) is 8.49. The molecule has 4 heteroatoms. The Balaban J connectivity index is 2.86. The minimum atomic E-state index is -0.462. The Morgan fingerprint density at radius 1 is 1.53 bits per heavy atom. The van der Waals surface area contributed by atoms with E-state index in [1.54, 1.807) is 24.3 Å². The highest BCUT2D eigenvalue weighted by molar-refractivity contribution is 5.99. The Bertz CT molecular complexity index is 374. The van der Waals surface area contributed by atoms with Crippen molar-refractivity contribution in [3.05, 3.63) is 36.4 Å². The standard InChI is InChI=1S/C11H15N3O/c1-2-3-6-14-10-7-8(12)4-5-9(10)11(13)15/h2,4-5,7,14H,1,3,6,12H2,(H2,13,15). The van der Waals surface area contributed by atoms with Gasteiger partial charge in [-0.25, -0.2) is 0 Å². The second kappa shape index (κ2) is 5.05. The van der Waals surface area contributed by atoms with Crippen molar-refractivity contribution in [2.75, 3.05) is 17.6 Å². The van der Waals surface area contributed by atoms with E-state index in [0.717, 1.165) is 6.42 Å². The van der Waals surface area contributed by atoms with E-state index in [2.05, 4.69) is 11.9 Å². The van der Waals surface area contributed by atoms with Gasteiger partial charge in [0.1, 0.15) is 0 Å². The van der Waals surface area contributed by atoms with Gasteiger partial charge >= 0.3 is 0 Å². The second-order valence-corrected chi connectivity index (χ2v) is 3.17. The molecule has 0 saturated heterocycles. The topological polar surface area (TPSA) is 81.1 Å². The Morgan fingerprint density at radius 2 is 2.27 bits per heavy atom. The maximum atomic E-state index is 11.1. The maximum Gasteiger partial charge on any atom is 0.250 e. The van der Waals surface area contributed by atoms with E-state index in [0.29, 0.717) is 23.5 Å². The number of nitrogens with one attached hydrogen (secondary N) is 1. The van der Waals surface area contributed by atoms with Gasteiger partial charge in [0, 0.05) is 17.9 Å². The van der Waals surface area contributed by atoms with Crippen molar-refractivity contribution in [1.29, 1.82) is 0 Å². The average Bonchev–Trinajstić information content (AvgIpc) is 2.18. The lowest BCUT2D eigenvalue weighted by atomic mass is 10.1. The minimum Gasteiger partial charge on any atom is -0.399 e. The summed E-state index contributed by atoms with van der Waals surface area (Å²) >= 11 is 0. The first kappa shape index (κ1) is 11.1. The zero-order chi connectivity index (χ0) is 11.3. The van der Waals surface area contributed by atoms with Crippen molar-refractivity contribution >= 4 is 17.3 Å². The second-order valence-electron chi connectivity index (χ2n) is 3.17. The molecule has 1 amide bonds. The number of carbonyl (C=O) groups excluding carboxylic acids is 1. The van der Waals surface area contributed by atoms with E-state index >= 15 is 0 Å². The van der Waals surface area contributed by atoms with Crippen molar-refractivity contribution in [3.8, 4) is 0 Å². The molecule has 0 aliphatic rings. The number of nitrogens with two attached hydrogens (primary N) is 2. The van der Waals surface area contributed by atoms with E-state index in [1.807, 2.05) is 0 Å². The molecule has 0 radical (unpaired) electrons. The third-order valence-electron chi connectivity index (χ3n) is 1.97. The van der Waals surface area contributed by atoms with Crippen LogP contribution in [0.5, 0.6) is 0 Å². The number of primary amides is 1. The fraction of sp³-hybridized carbons (Fsp3) is 0.182. The summed E-state index contributed by atoms with van der Waals surface area (Å²) in [6, 6.07) is 4.97. The molecular weight excluding hydrogens is 190 g/mol. The Morgan fingerprint density at radius 3 is 2.87 bits per heavy atom. The number of hydrogen-bond donors (Lipinski definition) is 3. The molecule has 4 nitrogen and oxygen atoms in total. The van der Waals surface area contributed by atoms with E-state index < -0.39 is 5.91 Å². The lowest BCUT2D eigenvalue weighted by molar-refractivity contribution is 0.100. The van der Waals surface area contributed by atoms with Crippen LogP contribution < -0.4 is 16.8 Å². The van der Waals surface area contributed by atoms with Crippen LogP contribution in [-0.2, 0) is 0 Å². The van der Waals surface area contributed by atoms with Gasteiger partial charge in [0.25, 0.3) is 5.91 Å². The number of rotatable bonds is 5. The van der Waals surface area contributed by atoms with Crippen LogP contribution in [0.4, 0.5) is 11.4 Å². The monoisotopic (exact) mass is 205 g/mol. The Kier molecular flexibility index (Phi) is 3.74. The number of anilines is 2. The summed E-state index contributed by atoms with van der Waals surface area (Å²) in [5.41, 5.74) is 12.6. The van der Waals surface area contributed by atoms with E-state index in [9.17, 15) is 4.79 Å². The molecule has 1 aromatic rings. The number of amides is 1. The molecule has 0 aliphatic heterocycles. The summed E-state index contributed by atoms with van der Waals surface area (Å²) < 4.78 is 0. The molecule has 0 saturated carbocycles. The third kappa shape index (κ3) is 3.02. The van der Waals surface area contributed by atoms with Crippen molar-refractivity contribution < 1.29 is 4.79 Å². The minimum absolute atomic E-state index is 0.452. The van der Waals surface area contributed by atoms with E-state index in [-0.39, 0.29) is 0 Å². The molecule has 0 aromatic heterocycles. The Hall–Kier alpha value is -1.97. The predicted octanol–water partition coefficient (Wildman–Crippen LogP) is 1.36. The maximum absolute atomic E-state index is 11.1. The number of nitrogen functional groups attached to an aromatic ring is 1. The highest BCUT2D eigenvalue weighted by Crippen LogP contribution is 2.18. The van der Waals surface area contributed by atoms with Crippen LogP contribution in [0.2, 0.25) is 0 Å². The normalized spacial score (nSPS) is 9.60. The summed E-state index contributed by atoms with van der Waals surface area (Å²) in [5, 5.41) is 3.08. The highest BCUT2D eigenvalue weighted by Gasteiger charge is 2.07. The molecular formula is C11H15N3O. The van der Waals surface area contributed by atoms with Crippen LogP contribution in [-0.4, -0.2) is 12.5 Å². The smallest absolute Gasteiger partial charge is 0.250 e. The first-order valence-corrected chi connectivity index (χ1v) is 4.69. The quantitative estimate of drug-likeness (QED) is 0.385. The van der Waals surface area contributed by atoms with Gasteiger partial charge < -0.3 is 16.8 Å². The average molecular weight is 205 g/mol. The van der Waals surface area contributed by atoms with Crippen LogP contribution in [0.1, 0.15) is 16.8 Å². The Labute approximate surface area is 89.0 Å². The van der Waals surface area contributed by atoms with Gasteiger partial charge in [0.2, 0.25) is 0 Å². The summed E-state index contributed by atoms with van der Waals surface area (Å²) in [6.07, 6.45) is 2.61. The van der Waals surface area contributed by atoms with Gasteiger partial charge in [-0.2, -0.15) is 0 Å².